The third-order valence-electron chi connectivity index (χ3n) is 0.816. The third kappa shape index (κ3) is 0.412. The first-order valence-electron chi connectivity index (χ1n) is 1.86. The van der Waals surface area contributed by atoms with E-state index in [1.165, 1.54) is 0 Å². The molecule has 2 N–H and O–H groups in total. The molecule has 0 atom stereocenters. The maximum atomic E-state index is 3.10. The van der Waals surface area contributed by atoms with E-state index in [1.807, 2.05) is 0 Å². The summed E-state index contributed by atoms with van der Waals surface area (Å²) in [5, 5.41) is 6.19. The Labute approximate surface area is 31.6 Å². The molecule has 1 heterocycles. The smallest absolute Gasteiger partial charge is 0.0562 e. The molecule has 1 aliphatic rings. The number of hydrogen-bond acceptors (Lipinski definition) is 2. The second-order valence-electron chi connectivity index (χ2n) is 1.31. The molecule has 0 amide bonds. The van der Waals surface area contributed by atoms with Gasteiger partial charge in [0.1, 0.15) is 0 Å². The van der Waals surface area contributed by atoms with Crippen molar-refractivity contribution in [1.82, 2.24) is 10.6 Å². The van der Waals surface area contributed by atoms with E-state index >= 15 is 0 Å². The minimum atomic E-state index is 0.565. The average molecular weight is 72.1 g/mol. The van der Waals surface area contributed by atoms with E-state index < -0.39 is 0 Å². The zero-order valence-electron chi connectivity index (χ0n) is 3.28. The lowest BCUT2D eigenvalue weighted by atomic mass is 10.5. The van der Waals surface area contributed by atoms with Crippen molar-refractivity contribution in [1.29, 1.82) is 0 Å². The van der Waals surface area contributed by atoms with Crippen LogP contribution in [0.4, 0.5) is 0 Å². The minimum absolute atomic E-state index is 0.565. The molecule has 1 rings (SSSR count). The minimum Gasteiger partial charge on any atom is -0.289 e. The van der Waals surface area contributed by atoms with Gasteiger partial charge in [0, 0.05) is 6.67 Å². The second kappa shape index (κ2) is 0.954. The van der Waals surface area contributed by atoms with Crippen molar-refractivity contribution in [2.24, 2.45) is 0 Å². The van der Waals surface area contributed by atoms with Gasteiger partial charge >= 0.3 is 0 Å². The summed E-state index contributed by atoms with van der Waals surface area (Å²) < 4.78 is 0. The van der Waals surface area contributed by atoms with E-state index in [9.17, 15) is 0 Å². The van der Waals surface area contributed by atoms with Gasteiger partial charge in [-0.2, -0.15) is 0 Å². The fraction of sp³-hybridized carbons (Fsp3) is 1.00. The summed E-state index contributed by atoms with van der Waals surface area (Å²) in [6.45, 7) is 3.07. The molecule has 0 aliphatic carbocycles. The maximum Gasteiger partial charge on any atom is 0.0562 e. The van der Waals surface area contributed by atoms with Crippen molar-refractivity contribution in [3.63, 3.8) is 0 Å². The zero-order chi connectivity index (χ0) is 3.70. The fourth-order valence-electron chi connectivity index (χ4n) is 0.306. The first-order chi connectivity index (χ1) is 2.39. The molecule has 0 saturated carbocycles. The van der Waals surface area contributed by atoms with Gasteiger partial charge in [-0.1, -0.05) is 0 Å². The van der Waals surface area contributed by atoms with Crippen LogP contribution in [0, 0.1) is 0 Å². The van der Waals surface area contributed by atoms with Gasteiger partial charge in [0.15, 0.2) is 0 Å². The van der Waals surface area contributed by atoms with Gasteiger partial charge in [0.25, 0.3) is 0 Å². The summed E-state index contributed by atoms with van der Waals surface area (Å²) in [5.41, 5.74) is 0. The van der Waals surface area contributed by atoms with Gasteiger partial charge in [-0.25, -0.2) is 0 Å². The standard InChI is InChI=1S/C3H8N2/c1-3-4-2-5-3/h3-5H,2H2,1H3. The molecule has 2 nitrogen and oxygen atoms in total. The highest BCUT2D eigenvalue weighted by molar-refractivity contribution is 4.63. The Morgan fingerprint density at radius 1 is 1.60 bits per heavy atom. The van der Waals surface area contributed by atoms with Crippen LogP contribution in [0.5, 0.6) is 0 Å². The van der Waals surface area contributed by atoms with Crippen molar-refractivity contribution in [3.05, 3.63) is 0 Å². The average Bonchev–Trinajstić information content (AvgIpc) is 1.30. The third-order valence-corrected chi connectivity index (χ3v) is 0.816. The van der Waals surface area contributed by atoms with Gasteiger partial charge in [-0.3, -0.25) is 10.6 Å². The van der Waals surface area contributed by atoms with E-state index in [4.69, 9.17) is 0 Å². The lowest BCUT2D eigenvalue weighted by Crippen LogP contribution is -2.56. The molecule has 0 spiro atoms. The number of nitrogens with one attached hydrogen (secondary N) is 2. The first-order valence-corrected chi connectivity index (χ1v) is 1.86. The highest BCUT2D eigenvalue weighted by atomic mass is 15.3. The van der Waals surface area contributed by atoms with Crippen LogP contribution in [0.25, 0.3) is 0 Å². The predicted octanol–water partition coefficient (Wildman–Crippen LogP) is -0.517. The van der Waals surface area contributed by atoms with E-state index in [0.717, 1.165) is 6.67 Å². The van der Waals surface area contributed by atoms with Crippen LogP contribution in [0.3, 0.4) is 0 Å². The molecule has 0 radical (unpaired) electrons. The summed E-state index contributed by atoms with van der Waals surface area (Å²) >= 11 is 0. The van der Waals surface area contributed by atoms with Gasteiger partial charge in [-0.15, -0.1) is 0 Å². The van der Waals surface area contributed by atoms with E-state index in [0.29, 0.717) is 6.17 Å². The van der Waals surface area contributed by atoms with Crippen LogP contribution in [-0.4, -0.2) is 12.8 Å². The molecule has 0 aromatic heterocycles. The normalized spacial score (nSPS) is 25.8. The SMILES string of the molecule is CC1NCN1. The van der Waals surface area contributed by atoms with Gasteiger partial charge < -0.3 is 0 Å². The summed E-state index contributed by atoms with van der Waals surface area (Å²) in [7, 11) is 0. The van der Waals surface area contributed by atoms with E-state index in [-0.39, 0.29) is 0 Å². The highest BCUT2D eigenvalue weighted by Crippen LogP contribution is 1.77. The van der Waals surface area contributed by atoms with Crippen LogP contribution in [0.15, 0.2) is 0 Å². The Morgan fingerprint density at radius 3 is 2.00 bits per heavy atom. The summed E-state index contributed by atoms with van der Waals surface area (Å²) in [6.07, 6.45) is 0.565. The van der Waals surface area contributed by atoms with Gasteiger partial charge in [-0.05, 0) is 6.92 Å². The molecule has 0 unspecified atom stereocenters. The van der Waals surface area contributed by atoms with Crippen molar-refractivity contribution < 1.29 is 0 Å². The van der Waals surface area contributed by atoms with Crippen LogP contribution in [0.2, 0.25) is 0 Å². The Balaban J connectivity index is 2.08. The topological polar surface area (TPSA) is 24.1 Å². The Kier molecular flexibility index (Phi) is 0.596. The second-order valence-corrected chi connectivity index (χ2v) is 1.31. The summed E-state index contributed by atoms with van der Waals surface area (Å²) in [4.78, 5) is 0. The molecule has 2 heteroatoms. The van der Waals surface area contributed by atoms with Gasteiger partial charge in [0.2, 0.25) is 0 Å². The summed E-state index contributed by atoms with van der Waals surface area (Å²) in [5.74, 6) is 0. The Bertz CT molecular complexity index is 31.9. The first kappa shape index (κ1) is 3.12. The fourth-order valence-corrected chi connectivity index (χ4v) is 0.306. The van der Waals surface area contributed by atoms with Crippen molar-refractivity contribution >= 4 is 0 Å². The molecule has 30 valence electrons. The number of rotatable bonds is 0. The van der Waals surface area contributed by atoms with E-state index in [1.54, 1.807) is 0 Å². The van der Waals surface area contributed by atoms with Crippen LogP contribution in [0.1, 0.15) is 6.92 Å². The van der Waals surface area contributed by atoms with Crippen LogP contribution < -0.4 is 10.6 Å². The van der Waals surface area contributed by atoms with Crippen molar-refractivity contribution in [2.75, 3.05) is 6.67 Å². The molecule has 0 aromatic rings. The molecule has 0 bridgehead atoms. The van der Waals surface area contributed by atoms with Crippen molar-refractivity contribution in [3.8, 4) is 0 Å². The Hall–Kier alpha value is -0.0800. The molecular formula is C3H8N2. The van der Waals surface area contributed by atoms with Crippen LogP contribution in [-0.2, 0) is 0 Å². The molecule has 1 fully saturated rings. The van der Waals surface area contributed by atoms with E-state index in [2.05, 4.69) is 17.6 Å². The zero-order valence-corrected chi connectivity index (χ0v) is 3.28. The molecule has 0 aromatic carbocycles. The Morgan fingerprint density at radius 2 is 2.00 bits per heavy atom. The highest BCUT2D eigenvalue weighted by Gasteiger charge is 2.04. The molecule has 5 heavy (non-hydrogen) atoms. The van der Waals surface area contributed by atoms with Gasteiger partial charge in [0.05, 0.1) is 6.17 Å². The molecule has 1 saturated heterocycles. The quantitative estimate of drug-likeness (QED) is 0.402. The molecule has 1 aliphatic heterocycles. The van der Waals surface area contributed by atoms with Crippen molar-refractivity contribution in [2.45, 2.75) is 13.1 Å². The van der Waals surface area contributed by atoms with Crippen LogP contribution >= 0.6 is 0 Å². The lowest BCUT2D eigenvalue weighted by molar-refractivity contribution is 0.325. The number of hydrogen-bond donors (Lipinski definition) is 2. The largest absolute Gasteiger partial charge is 0.289 e. The lowest BCUT2D eigenvalue weighted by Gasteiger charge is -2.24. The molecular weight excluding hydrogens is 64.0 g/mol. The maximum absolute atomic E-state index is 3.10. The summed E-state index contributed by atoms with van der Waals surface area (Å²) in [6, 6.07) is 0. The predicted molar refractivity (Wildman–Crippen MR) is 20.6 cm³/mol. The monoisotopic (exact) mass is 72.1 g/mol.